The molecule has 1 aromatic heterocycles. The SMILES string of the molecule is Cc1c(C(=O)N[C@@H]2CC[C@H](C(=O)O)C2)nnn1-c1ccc2c(c1)OCCO2. The molecule has 1 amide bonds. The molecular formula is C18H20N4O5. The monoisotopic (exact) mass is 372 g/mol. The van der Waals surface area contributed by atoms with Crippen LogP contribution in [0.4, 0.5) is 0 Å². The molecule has 1 fully saturated rings. The predicted octanol–water partition coefficient (Wildman–Crippen LogP) is 1.33. The van der Waals surface area contributed by atoms with E-state index in [-0.39, 0.29) is 17.6 Å². The van der Waals surface area contributed by atoms with Crippen LogP contribution < -0.4 is 14.8 Å². The van der Waals surface area contributed by atoms with Gasteiger partial charge in [0.2, 0.25) is 0 Å². The maximum Gasteiger partial charge on any atom is 0.306 e. The van der Waals surface area contributed by atoms with E-state index in [1.54, 1.807) is 23.7 Å². The van der Waals surface area contributed by atoms with Gasteiger partial charge in [-0.25, -0.2) is 4.68 Å². The first kappa shape index (κ1) is 17.3. The number of benzene rings is 1. The molecule has 1 saturated carbocycles. The lowest BCUT2D eigenvalue weighted by Crippen LogP contribution is -2.34. The summed E-state index contributed by atoms with van der Waals surface area (Å²) in [5, 5.41) is 20.1. The fourth-order valence-electron chi connectivity index (χ4n) is 3.54. The Morgan fingerprint density at radius 3 is 2.74 bits per heavy atom. The number of hydrogen-bond donors (Lipinski definition) is 2. The van der Waals surface area contributed by atoms with Crippen molar-refractivity contribution in [2.45, 2.75) is 32.2 Å². The molecule has 1 aliphatic heterocycles. The number of carbonyl (C=O) groups is 2. The molecule has 142 valence electrons. The van der Waals surface area contributed by atoms with E-state index in [9.17, 15) is 9.59 Å². The molecule has 0 spiro atoms. The van der Waals surface area contributed by atoms with Crippen LogP contribution >= 0.6 is 0 Å². The molecule has 1 aliphatic carbocycles. The van der Waals surface area contributed by atoms with Crippen LogP contribution in [-0.2, 0) is 4.79 Å². The van der Waals surface area contributed by atoms with Crippen LogP contribution in [0.25, 0.3) is 5.69 Å². The second-order valence-electron chi connectivity index (χ2n) is 6.78. The van der Waals surface area contributed by atoms with E-state index in [0.29, 0.717) is 49.7 Å². The molecule has 0 saturated heterocycles. The Labute approximate surface area is 155 Å². The topological polar surface area (TPSA) is 116 Å². The number of fused-ring (bicyclic) bond motifs is 1. The molecule has 4 rings (SSSR count). The van der Waals surface area contributed by atoms with Crippen LogP contribution in [0.2, 0.25) is 0 Å². The smallest absolute Gasteiger partial charge is 0.306 e. The molecule has 2 heterocycles. The molecule has 0 radical (unpaired) electrons. The van der Waals surface area contributed by atoms with E-state index in [4.69, 9.17) is 14.6 Å². The van der Waals surface area contributed by atoms with E-state index in [2.05, 4.69) is 15.6 Å². The number of hydrogen-bond acceptors (Lipinski definition) is 6. The molecule has 2 aromatic rings. The summed E-state index contributed by atoms with van der Waals surface area (Å²) >= 11 is 0. The van der Waals surface area contributed by atoms with Crippen molar-refractivity contribution in [2.75, 3.05) is 13.2 Å². The van der Waals surface area contributed by atoms with Gasteiger partial charge in [-0.1, -0.05) is 5.21 Å². The third-order valence-corrected chi connectivity index (χ3v) is 5.00. The first-order chi connectivity index (χ1) is 13.0. The minimum Gasteiger partial charge on any atom is -0.486 e. The summed E-state index contributed by atoms with van der Waals surface area (Å²) in [4.78, 5) is 23.6. The van der Waals surface area contributed by atoms with Crippen LogP contribution in [0.3, 0.4) is 0 Å². The molecule has 1 aromatic carbocycles. The minimum atomic E-state index is -0.813. The van der Waals surface area contributed by atoms with Gasteiger partial charge >= 0.3 is 5.97 Å². The van der Waals surface area contributed by atoms with E-state index in [1.165, 1.54) is 0 Å². The number of carbonyl (C=O) groups excluding carboxylic acids is 1. The third kappa shape index (κ3) is 3.32. The van der Waals surface area contributed by atoms with Gasteiger partial charge in [0.25, 0.3) is 5.91 Å². The number of nitrogens with one attached hydrogen (secondary N) is 1. The highest BCUT2D eigenvalue weighted by atomic mass is 16.6. The molecule has 9 heteroatoms. The quantitative estimate of drug-likeness (QED) is 0.832. The van der Waals surface area contributed by atoms with Gasteiger partial charge in [-0.05, 0) is 38.3 Å². The number of ether oxygens (including phenoxy) is 2. The zero-order valence-electron chi connectivity index (χ0n) is 14.8. The average molecular weight is 372 g/mol. The Morgan fingerprint density at radius 2 is 2.00 bits per heavy atom. The highest BCUT2D eigenvalue weighted by Gasteiger charge is 2.31. The second kappa shape index (κ2) is 6.90. The van der Waals surface area contributed by atoms with Crippen molar-refractivity contribution in [3.05, 3.63) is 29.6 Å². The highest BCUT2D eigenvalue weighted by Crippen LogP contribution is 2.32. The Kier molecular flexibility index (Phi) is 4.43. The van der Waals surface area contributed by atoms with Gasteiger partial charge in [0.05, 0.1) is 17.3 Å². The molecule has 9 nitrogen and oxygen atoms in total. The average Bonchev–Trinajstić information content (AvgIpc) is 3.28. The summed E-state index contributed by atoms with van der Waals surface area (Å²) in [5.41, 5.74) is 1.54. The molecule has 27 heavy (non-hydrogen) atoms. The number of nitrogens with zero attached hydrogens (tertiary/aromatic N) is 3. The van der Waals surface area contributed by atoms with Crippen molar-refractivity contribution in [1.29, 1.82) is 0 Å². The van der Waals surface area contributed by atoms with Gasteiger partial charge in [0.15, 0.2) is 17.2 Å². The van der Waals surface area contributed by atoms with Crippen molar-refractivity contribution in [3.8, 4) is 17.2 Å². The Hall–Kier alpha value is -3.10. The zero-order chi connectivity index (χ0) is 19.0. The number of amides is 1. The molecule has 2 atom stereocenters. The molecular weight excluding hydrogens is 352 g/mol. The Morgan fingerprint density at radius 1 is 1.22 bits per heavy atom. The van der Waals surface area contributed by atoms with E-state index in [1.807, 2.05) is 6.07 Å². The van der Waals surface area contributed by atoms with E-state index >= 15 is 0 Å². The van der Waals surface area contributed by atoms with Crippen molar-refractivity contribution in [2.24, 2.45) is 5.92 Å². The largest absolute Gasteiger partial charge is 0.486 e. The minimum absolute atomic E-state index is 0.155. The summed E-state index contributed by atoms with van der Waals surface area (Å²) in [5.74, 6) is -0.245. The Balaban J connectivity index is 1.50. The van der Waals surface area contributed by atoms with Crippen LogP contribution in [0.5, 0.6) is 11.5 Å². The molecule has 0 unspecified atom stereocenters. The first-order valence-electron chi connectivity index (χ1n) is 8.89. The second-order valence-corrected chi connectivity index (χ2v) is 6.78. The fourth-order valence-corrected chi connectivity index (χ4v) is 3.54. The summed E-state index contributed by atoms with van der Waals surface area (Å²) in [6, 6.07) is 5.27. The van der Waals surface area contributed by atoms with Crippen molar-refractivity contribution < 1.29 is 24.2 Å². The summed E-state index contributed by atoms with van der Waals surface area (Å²) in [6.45, 7) is 2.77. The van der Waals surface area contributed by atoms with Gasteiger partial charge < -0.3 is 19.9 Å². The van der Waals surface area contributed by atoms with Crippen LogP contribution in [0.1, 0.15) is 35.4 Å². The van der Waals surface area contributed by atoms with Crippen molar-refractivity contribution in [1.82, 2.24) is 20.3 Å². The lowest BCUT2D eigenvalue weighted by atomic mass is 10.1. The van der Waals surface area contributed by atoms with Crippen molar-refractivity contribution in [3.63, 3.8) is 0 Å². The van der Waals surface area contributed by atoms with Crippen LogP contribution in [-0.4, -0.2) is 51.2 Å². The third-order valence-electron chi connectivity index (χ3n) is 5.00. The number of aliphatic carboxylic acids is 1. The molecule has 0 bridgehead atoms. The standard InChI is InChI=1S/C18H20N4O5/c1-10-16(17(23)19-12-3-2-11(8-12)18(24)25)20-21-22(10)13-4-5-14-15(9-13)27-7-6-26-14/h4-5,9,11-12H,2-3,6-8H2,1H3,(H,19,23)(H,24,25)/t11-,12+/m0/s1. The highest BCUT2D eigenvalue weighted by molar-refractivity contribution is 5.93. The fraction of sp³-hybridized carbons (Fsp3) is 0.444. The number of rotatable bonds is 4. The van der Waals surface area contributed by atoms with E-state index in [0.717, 1.165) is 5.69 Å². The number of aromatic nitrogens is 3. The summed E-state index contributed by atoms with van der Waals surface area (Å²) in [7, 11) is 0. The van der Waals surface area contributed by atoms with Crippen LogP contribution in [0.15, 0.2) is 18.2 Å². The predicted molar refractivity (Wildman–Crippen MR) is 93.3 cm³/mol. The van der Waals surface area contributed by atoms with Gasteiger partial charge in [0, 0.05) is 12.1 Å². The van der Waals surface area contributed by atoms with Gasteiger partial charge in [-0.15, -0.1) is 5.10 Å². The van der Waals surface area contributed by atoms with Crippen molar-refractivity contribution >= 4 is 11.9 Å². The van der Waals surface area contributed by atoms with Crippen LogP contribution in [0, 0.1) is 12.8 Å². The number of carboxylic acids is 1. The maximum atomic E-state index is 12.6. The molecule has 2 N–H and O–H groups in total. The van der Waals surface area contributed by atoms with E-state index < -0.39 is 11.9 Å². The first-order valence-corrected chi connectivity index (χ1v) is 8.89. The Bertz CT molecular complexity index is 894. The lowest BCUT2D eigenvalue weighted by Gasteiger charge is -2.18. The lowest BCUT2D eigenvalue weighted by molar-refractivity contribution is -0.141. The number of carboxylic acid groups (broad SMARTS) is 1. The summed E-state index contributed by atoms with van der Waals surface area (Å²) in [6.07, 6.45) is 1.66. The summed E-state index contributed by atoms with van der Waals surface area (Å²) < 4.78 is 12.7. The van der Waals surface area contributed by atoms with Gasteiger partial charge in [0.1, 0.15) is 13.2 Å². The maximum absolute atomic E-state index is 12.6. The zero-order valence-corrected chi connectivity index (χ0v) is 14.8. The van der Waals surface area contributed by atoms with Gasteiger partial charge in [-0.2, -0.15) is 0 Å². The normalized spacial score (nSPS) is 21.1. The molecule has 2 aliphatic rings. The van der Waals surface area contributed by atoms with Gasteiger partial charge in [-0.3, -0.25) is 9.59 Å².